The Bertz CT molecular complexity index is 714. The lowest BCUT2D eigenvalue weighted by Gasteiger charge is -2.36. The third-order valence-electron chi connectivity index (χ3n) is 5.12. The first-order chi connectivity index (χ1) is 12.2. The summed E-state index contributed by atoms with van der Waals surface area (Å²) in [6.45, 7) is 2.29. The summed E-state index contributed by atoms with van der Waals surface area (Å²) in [7, 11) is 0. The third-order valence-corrected chi connectivity index (χ3v) is 5.12. The van der Waals surface area contributed by atoms with Crippen LogP contribution in [0.2, 0.25) is 0 Å². The van der Waals surface area contributed by atoms with Crippen molar-refractivity contribution in [1.29, 1.82) is 0 Å². The van der Waals surface area contributed by atoms with Crippen molar-refractivity contribution < 1.29 is 0 Å². The fraction of sp³-hybridized carbons (Fsp3) is 0.250. The molecule has 0 aliphatic carbocycles. The lowest BCUT2D eigenvalue weighted by molar-refractivity contribution is 0.282. The summed E-state index contributed by atoms with van der Waals surface area (Å²) in [6.07, 6.45) is 2.77. The number of nitrogens with two attached hydrogens (primary N) is 1. The predicted molar refractivity (Wildman–Crippen MR) is 122 cm³/mol. The Morgan fingerprint density at radius 2 is 1.00 bits per heavy atom. The fourth-order valence-corrected chi connectivity index (χ4v) is 3.53. The van der Waals surface area contributed by atoms with Gasteiger partial charge < -0.3 is 5.73 Å². The van der Waals surface area contributed by atoms with E-state index in [1.165, 1.54) is 16.7 Å². The van der Waals surface area contributed by atoms with Crippen LogP contribution in [0.5, 0.6) is 0 Å². The van der Waals surface area contributed by atoms with Crippen LogP contribution in [0.4, 0.5) is 0 Å². The maximum absolute atomic E-state index is 7.05. The summed E-state index contributed by atoms with van der Waals surface area (Å²) in [5.74, 6) is 0.371. The van der Waals surface area contributed by atoms with E-state index in [9.17, 15) is 0 Å². The van der Waals surface area contributed by atoms with Crippen LogP contribution in [0.25, 0.3) is 0 Å². The molecule has 26 heavy (non-hydrogen) atoms. The summed E-state index contributed by atoms with van der Waals surface area (Å²) in [4.78, 5) is 0. The molecule has 0 heterocycles. The second-order valence-electron chi connectivity index (χ2n) is 7.15. The first kappa shape index (κ1) is 20.7. The van der Waals surface area contributed by atoms with E-state index >= 15 is 0 Å². The van der Waals surface area contributed by atoms with Crippen molar-refractivity contribution in [3.63, 3.8) is 0 Å². The summed E-state index contributed by atoms with van der Waals surface area (Å²) in [5, 5.41) is 0. The van der Waals surface area contributed by atoms with E-state index in [4.69, 9.17) is 5.73 Å². The van der Waals surface area contributed by atoms with E-state index in [-0.39, 0.29) is 29.5 Å². The molecule has 0 bridgehead atoms. The van der Waals surface area contributed by atoms with Gasteiger partial charge in [0.2, 0.25) is 0 Å². The van der Waals surface area contributed by atoms with E-state index < -0.39 is 0 Å². The quantitative estimate of drug-likeness (QED) is 0.455. The number of rotatable bonds is 7. The van der Waals surface area contributed by atoms with Gasteiger partial charge in [0.1, 0.15) is 0 Å². The maximum atomic E-state index is 7.05. The smallest absolute Gasteiger partial charge is 0.0265 e. The van der Waals surface area contributed by atoms with Crippen molar-refractivity contribution in [2.24, 2.45) is 11.7 Å². The molecule has 3 aromatic rings. The average molecular weight is 457 g/mol. The number of hydrogen-bond acceptors (Lipinski definition) is 1. The normalized spacial score (nSPS) is 12.2. The molecule has 0 aliphatic rings. The zero-order valence-corrected chi connectivity index (χ0v) is 17.7. The van der Waals surface area contributed by atoms with Crippen LogP contribution in [0.1, 0.15) is 23.6 Å². The minimum Gasteiger partial charge on any atom is -0.324 e. The highest BCUT2D eigenvalue weighted by Gasteiger charge is 2.32. The van der Waals surface area contributed by atoms with Crippen LogP contribution >= 0.6 is 24.0 Å². The van der Waals surface area contributed by atoms with Gasteiger partial charge in [-0.25, -0.2) is 0 Å². The van der Waals surface area contributed by atoms with Crippen molar-refractivity contribution >= 4 is 24.0 Å². The zero-order valence-electron chi connectivity index (χ0n) is 15.3. The summed E-state index contributed by atoms with van der Waals surface area (Å²) in [5.41, 5.74) is 10.7. The highest BCUT2D eigenvalue weighted by atomic mass is 127. The van der Waals surface area contributed by atoms with Crippen LogP contribution in [-0.4, -0.2) is 5.54 Å². The molecule has 0 saturated carbocycles. The Kier molecular flexibility index (Phi) is 7.85. The molecule has 1 nitrogen and oxygen atoms in total. The summed E-state index contributed by atoms with van der Waals surface area (Å²) in [6, 6.07) is 31.9. The molecule has 2 heteroatoms. The molecule has 0 aromatic heterocycles. The Morgan fingerprint density at radius 3 is 1.38 bits per heavy atom. The standard InChI is InChI=1S/C24H27N.HI/c1-20(17-21-11-5-2-6-12-21)24(25,18-22-13-7-3-8-14-22)19-23-15-9-4-10-16-23;/h2-16,20H,17-19,25H2,1H3;1H. The van der Waals surface area contributed by atoms with E-state index in [0.29, 0.717) is 5.92 Å². The van der Waals surface area contributed by atoms with Crippen molar-refractivity contribution in [3.05, 3.63) is 108 Å². The first-order valence-corrected chi connectivity index (χ1v) is 9.06. The molecule has 0 fully saturated rings. The minimum atomic E-state index is -0.279. The monoisotopic (exact) mass is 457 g/mol. The molecule has 0 aliphatic heterocycles. The Labute approximate surface area is 174 Å². The van der Waals surface area contributed by atoms with Crippen LogP contribution in [0, 0.1) is 5.92 Å². The van der Waals surface area contributed by atoms with E-state index in [1.54, 1.807) is 0 Å². The predicted octanol–water partition coefficient (Wildman–Crippen LogP) is 5.67. The number of benzene rings is 3. The van der Waals surface area contributed by atoms with E-state index in [2.05, 4.69) is 97.9 Å². The molecule has 3 rings (SSSR count). The molecular weight excluding hydrogens is 429 g/mol. The van der Waals surface area contributed by atoms with Crippen LogP contribution in [-0.2, 0) is 19.3 Å². The average Bonchev–Trinajstić information content (AvgIpc) is 2.64. The number of halogens is 1. The fourth-order valence-electron chi connectivity index (χ4n) is 3.53. The van der Waals surface area contributed by atoms with Crippen molar-refractivity contribution in [1.82, 2.24) is 0 Å². The van der Waals surface area contributed by atoms with Gasteiger partial charge in [-0.2, -0.15) is 0 Å². The molecule has 1 atom stereocenters. The zero-order chi connectivity index (χ0) is 17.5. The van der Waals surface area contributed by atoms with Crippen molar-refractivity contribution in [2.75, 3.05) is 0 Å². The minimum absolute atomic E-state index is 0. The van der Waals surface area contributed by atoms with Crippen molar-refractivity contribution in [3.8, 4) is 0 Å². The van der Waals surface area contributed by atoms with Gasteiger partial charge >= 0.3 is 0 Å². The molecule has 136 valence electrons. The van der Waals surface area contributed by atoms with Gasteiger partial charge in [0.05, 0.1) is 0 Å². The second-order valence-corrected chi connectivity index (χ2v) is 7.15. The molecule has 1 unspecified atom stereocenters. The maximum Gasteiger partial charge on any atom is 0.0265 e. The Morgan fingerprint density at radius 1 is 0.654 bits per heavy atom. The summed E-state index contributed by atoms with van der Waals surface area (Å²) < 4.78 is 0. The molecular formula is C24H28IN. The van der Waals surface area contributed by atoms with Crippen molar-refractivity contribution in [2.45, 2.75) is 31.7 Å². The Hall–Kier alpha value is -1.65. The summed E-state index contributed by atoms with van der Waals surface area (Å²) >= 11 is 0. The van der Waals surface area contributed by atoms with Gasteiger partial charge in [-0.3, -0.25) is 0 Å². The number of hydrogen-bond donors (Lipinski definition) is 1. The second kappa shape index (κ2) is 9.89. The van der Waals surface area contributed by atoms with E-state index in [0.717, 1.165) is 19.3 Å². The molecule has 3 aromatic carbocycles. The van der Waals surface area contributed by atoms with Crippen LogP contribution in [0.3, 0.4) is 0 Å². The third kappa shape index (κ3) is 5.68. The van der Waals surface area contributed by atoms with E-state index in [1.807, 2.05) is 0 Å². The lowest BCUT2D eigenvalue weighted by Crippen LogP contribution is -2.51. The molecule has 0 amide bonds. The van der Waals surface area contributed by atoms with Gasteiger partial charge in [-0.15, -0.1) is 24.0 Å². The van der Waals surface area contributed by atoms with Gasteiger partial charge in [0.25, 0.3) is 0 Å². The molecule has 0 spiro atoms. The van der Waals surface area contributed by atoms with Gasteiger partial charge in [-0.05, 0) is 41.9 Å². The van der Waals surface area contributed by atoms with Gasteiger partial charge in [0, 0.05) is 5.54 Å². The Balaban J connectivity index is 0.00000243. The lowest BCUT2D eigenvalue weighted by atomic mass is 9.74. The SMILES string of the molecule is CC(Cc1ccccc1)C(N)(Cc1ccccc1)Cc1ccccc1.I. The largest absolute Gasteiger partial charge is 0.324 e. The first-order valence-electron chi connectivity index (χ1n) is 9.06. The molecule has 0 radical (unpaired) electrons. The highest BCUT2D eigenvalue weighted by Crippen LogP contribution is 2.27. The highest BCUT2D eigenvalue weighted by molar-refractivity contribution is 14.0. The van der Waals surface area contributed by atoms with Gasteiger partial charge in [0.15, 0.2) is 0 Å². The van der Waals surface area contributed by atoms with Gasteiger partial charge in [-0.1, -0.05) is 97.9 Å². The topological polar surface area (TPSA) is 26.0 Å². The van der Waals surface area contributed by atoms with Crippen LogP contribution < -0.4 is 5.73 Å². The van der Waals surface area contributed by atoms with Crippen LogP contribution in [0.15, 0.2) is 91.0 Å². The molecule has 0 saturated heterocycles. The molecule has 2 N–H and O–H groups in total.